The molecule has 9 unspecified atom stereocenters. The molecule has 0 aromatic carbocycles. The number of hydrogen-bond donors (Lipinski definition) is 5. The molecular weight excluding hydrogens is 1440 g/mol. The number of amides is 2. The quantitative estimate of drug-likeness (QED) is 0.0215. The smallest absolute Gasteiger partial charge is 0.248 e. The number of nitrogens with zero attached hydrogens (tertiary/aromatic N) is 1. The Balaban J connectivity index is 0.000000783. The molecule has 3 saturated heterocycles. The second-order valence-corrected chi connectivity index (χ2v) is 37.7. The minimum atomic E-state index is -3.28. The lowest BCUT2D eigenvalue weighted by atomic mass is 10.0. The zero-order valence-electron chi connectivity index (χ0n) is 66.8. The van der Waals surface area contributed by atoms with E-state index in [1.54, 1.807) is 7.11 Å². The van der Waals surface area contributed by atoms with Crippen LogP contribution < -0.4 is 5.73 Å². The average molecular weight is 1600 g/mol. The summed E-state index contributed by atoms with van der Waals surface area (Å²) in [4.78, 5) is 67.6. The summed E-state index contributed by atoms with van der Waals surface area (Å²) in [6, 6.07) is 0. The fourth-order valence-electron chi connectivity index (χ4n) is 13.1. The minimum absolute atomic E-state index is 0.0104. The topological polar surface area (TPSA) is 264 Å². The molecule has 0 bridgehead atoms. The van der Waals surface area contributed by atoms with Crippen molar-refractivity contribution in [2.75, 3.05) is 112 Å². The summed E-state index contributed by atoms with van der Waals surface area (Å²) >= 11 is 1.52. The van der Waals surface area contributed by atoms with E-state index in [1.165, 1.54) is 261 Å². The Kier molecular flexibility index (Phi) is 65.8. The summed E-state index contributed by atoms with van der Waals surface area (Å²) in [7, 11) is -9.93. The molecule has 2 amide bonds. The van der Waals surface area contributed by atoms with Crippen molar-refractivity contribution < 1.29 is 89.0 Å². The van der Waals surface area contributed by atoms with Gasteiger partial charge < -0.3 is 85.2 Å². The van der Waals surface area contributed by atoms with Gasteiger partial charge in [0.15, 0.2) is 0 Å². The highest BCUT2D eigenvalue weighted by molar-refractivity contribution is 8.00. The Labute approximate surface area is 645 Å². The maximum absolute atomic E-state index is 12.6. The van der Waals surface area contributed by atoms with E-state index in [1.807, 2.05) is 0 Å². The zero-order chi connectivity index (χ0) is 76.5. The van der Waals surface area contributed by atoms with Gasteiger partial charge in [0.25, 0.3) is 0 Å². The largest absolute Gasteiger partial charge is 0.382 e. The number of hydrogen-bond acceptors (Lipinski definition) is 21. The fraction of sp³-hybridized carbons (Fsp3) is 0.924. The average Bonchev–Trinajstić information content (AvgIpc) is 1.73. The number of nitrogens with two attached hydrogens (primary N) is 1. The number of carbonyl (C=O) groups excluding carboxylic acids is 2. The van der Waals surface area contributed by atoms with Crippen molar-refractivity contribution in [1.29, 1.82) is 0 Å². The van der Waals surface area contributed by atoms with Gasteiger partial charge in [0, 0.05) is 46.7 Å². The van der Waals surface area contributed by atoms with Gasteiger partial charge in [0.1, 0.15) is 12.2 Å². The van der Waals surface area contributed by atoms with Crippen molar-refractivity contribution in [3.05, 3.63) is 0 Å². The standard InChI is InChI=1S/C54H111NO7P2.C25H47NO12P2S/c1-4-5-6-7-8-9-10-11-12-13-14-15-16-17-18-19-20-21-22-23-24-25-26-27-28-29-30-31-32-33-34-35-36-37-38-39-40-42-45-49-59-63(2,56)61-52-54-53(47-51-58-54)62-64(3,57)60-50-46-43-41-44-48-55;1-31-14-15-34-17-16-33-13-10-26-24(27)19-23(25(26)28)41-18-8-6-5-7-11-36-40(4,30)37-20-22-21(9-12-35-22)38-39(3,29)32-2/h53-54,56-57H,2-52,55H2,1H3;21-23,29-30H,3-20H2,1-2H3. The van der Waals surface area contributed by atoms with Gasteiger partial charge in [-0.3, -0.25) is 14.5 Å². The van der Waals surface area contributed by atoms with E-state index in [9.17, 15) is 29.2 Å². The predicted molar refractivity (Wildman–Crippen MR) is 443 cm³/mol. The van der Waals surface area contributed by atoms with Crippen LogP contribution in [0, 0.1) is 0 Å². The predicted octanol–water partition coefficient (Wildman–Crippen LogP) is 19.7. The van der Waals surface area contributed by atoms with Gasteiger partial charge in [-0.15, -0.1) is 11.8 Å². The van der Waals surface area contributed by atoms with Crippen LogP contribution in [0.4, 0.5) is 0 Å². The number of methoxy groups -OCH3 is 1. The number of carbonyl (C=O) groups is 2. The molecule has 3 fully saturated rings. The first kappa shape index (κ1) is 101. The van der Waals surface area contributed by atoms with Crippen molar-refractivity contribution in [3.8, 4) is 0 Å². The second kappa shape index (κ2) is 68.4. The Morgan fingerprint density at radius 1 is 0.419 bits per heavy atom. The number of likely N-dealkylation sites (tertiary alicyclic amines) is 1. The molecule has 0 aromatic rings. The SMILES string of the molecule is C=P(O)(OCCCCCCCCCCCCCCCCCCCCCCCCCCCCCCCCCCCCCCCCC)OCC1OCCC1OP(=C)(O)OCCCCCCN.C=P(O)(OCCCCCCSC1CC(=O)N(CCOCCOCCOC)C1=O)OCC1OCCC1OP(=C)(O)OC. The molecule has 624 valence electrons. The number of thioether (sulfide) groups is 1. The third kappa shape index (κ3) is 59.3. The Bertz CT molecular complexity index is 2240. The highest BCUT2D eigenvalue weighted by Gasteiger charge is 2.39. The van der Waals surface area contributed by atoms with E-state index in [2.05, 4.69) is 32.1 Å². The van der Waals surface area contributed by atoms with Crippen LogP contribution >= 0.6 is 42.0 Å². The van der Waals surface area contributed by atoms with Crippen molar-refractivity contribution in [3.63, 3.8) is 0 Å². The summed E-state index contributed by atoms with van der Waals surface area (Å²) in [6.45, 7) is 7.54. The van der Waals surface area contributed by atoms with E-state index in [-0.39, 0.29) is 43.2 Å². The summed E-state index contributed by atoms with van der Waals surface area (Å²) in [5.41, 5.74) is 5.53. The zero-order valence-corrected chi connectivity index (χ0v) is 71.2. The van der Waals surface area contributed by atoms with E-state index in [0.29, 0.717) is 85.5 Å². The molecule has 105 heavy (non-hydrogen) atoms. The van der Waals surface area contributed by atoms with E-state index >= 15 is 0 Å². The lowest BCUT2D eigenvalue weighted by Gasteiger charge is -2.26. The Morgan fingerprint density at radius 3 is 1.10 bits per heavy atom. The molecule has 3 heterocycles. The van der Waals surface area contributed by atoms with E-state index in [4.69, 9.17) is 65.6 Å². The lowest BCUT2D eigenvalue weighted by Crippen LogP contribution is -2.34. The number of imide groups is 1. The molecule has 9 atom stereocenters. The number of ether oxygens (including phenoxy) is 5. The maximum Gasteiger partial charge on any atom is 0.248 e. The number of rotatable bonds is 77. The minimum Gasteiger partial charge on any atom is -0.382 e. The summed E-state index contributed by atoms with van der Waals surface area (Å²) < 4.78 is 71.0. The van der Waals surface area contributed by atoms with Crippen molar-refractivity contribution in [1.82, 2.24) is 4.90 Å². The van der Waals surface area contributed by atoms with Crippen LogP contribution in [0.15, 0.2) is 0 Å². The molecule has 0 radical (unpaired) electrons. The molecule has 21 nitrogen and oxygen atoms in total. The van der Waals surface area contributed by atoms with Crippen molar-refractivity contribution in [2.45, 2.75) is 358 Å². The summed E-state index contributed by atoms with van der Waals surface area (Å²) in [5.74, 6) is 0.482. The first-order valence-corrected chi connectivity index (χ1v) is 50.0. The molecule has 6 N–H and O–H groups in total. The van der Waals surface area contributed by atoms with Gasteiger partial charge in [-0.05, 0) is 69.6 Å². The van der Waals surface area contributed by atoms with E-state index < -0.39 is 54.7 Å². The third-order valence-corrected chi connectivity index (χ3v) is 25.5. The molecule has 0 spiro atoms. The van der Waals surface area contributed by atoms with Crippen LogP contribution in [-0.2, 0) is 69.5 Å². The molecule has 3 aliphatic heterocycles. The van der Waals surface area contributed by atoms with Crippen molar-refractivity contribution >= 4 is 79.0 Å². The summed E-state index contributed by atoms with van der Waals surface area (Å²) in [5, 5.41) is -0.334. The first-order valence-electron chi connectivity index (χ1n) is 41.9. The monoisotopic (exact) mass is 1600 g/mol. The Morgan fingerprint density at radius 2 is 0.743 bits per heavy atom. The van der Waals surface area contributed by atoms with Gasteiger partial charge >= 0.3 is 0 Å². The lowest BCUT2D eigenvalue weighted by molar-refractivity contribution is -0.139. The fourth-order valence-corrected chi connectivity index (χ4v) is 17.9. The molecule has 3 aliphatic rings. The highest BCUT2D eigenvalue weighted by atomic mass is 32.2. The van der Waals surface area contributed by atoms with Crippen LogP contribution in [0.1, 0.15) is 328 Å². The molecule has 26 heteroatoms. The first-order chi connectivity index (χ1) is 50.9. The van der Waals surface area contributed by atoms with Crippen LogP contribution in [0.5, 0.6) is 0 Å². The van der Waals surface area contributed by atoms with Crippen LogP contribution in [0.2, 0.25) is 0 Å². The van der Waals surface area contributed by atoms with Gasteiger partial charge in [-0.2, -0.15) is 0 Å². The van der Waals surface area contributed by atoms with Crippen LogP contribution in [0.3, 0.4) is 0 Å². The maximum atomic E-state index is 12.6. The highest BCUT2D eigenvalue weighted by Crippen LogP contribution is 2.49. The molecule has 0 aromatic heterocycles. The molecule has 3 rings (SSSR count). The number of unbranched alkanes of at least 4 members (excludes halogenated alkanes) is 44. The van der Waals surface area contributed by atoms with E-state index in [0.717, 1.165) is 70.0 Å². The van der Waals surface area contributed by atoms with Crippen molar-refractivity contribution in [2.24, 2.45) is 5.73 Å². The molecule has 0 aliphatic carbocycles. The van der Waals surface area contributed by atoms with Crippen LogP contribution in [0.25, 0.3) is 0 Å². The Hall–Kier alpha value is -0.0300. The summed E-state index contributed by atoms with van der Waals surface area (Å²) in [6.07, 6.45) is 76.6. The third-order valence-electron chi connectivity index (χ3n) is 19.6. The second-order valence-electron chi connectivity index (χ2n) is 29.2. The van der Waals surface area contributed by atoms with Gasteiger partial charge in [0.2, 0.25) is 42.1 Å². The van der Waals surface area contributed by atoms with Crippen LogP contribution in [-0.4, -0.2) is 203 Å². The molecule has 0 saturated carbocycles. The van der Waals surface area contributed by atoms with Gasteiger partial charge in [-0.25, -0.2) is 0 Å². The van der Waals surface area contributed by atoms with Gasteiger partial charge in [-0.1, -0.05) is 277 Å². The van der Waals surface area contributed by atoms with Gasteiger partial charge in [0.05, 0.1) is 90.1 Å². The normalized spacial score (nSPS) is 20.0. The molecular formula is C79H158N2O19P4S.